The lowest BCUT2D eigenvalue weighted by Gasteiger charge is -2.05. The number of hydrogen-bond acceptors (Lipinski definition) is 5. The molecule has 2 aromatic heterocycles. The molecule has 0 fully saturated rings. The molecule has 0 aliphatic heterocycles. The van der Waals surface area contributed by atoms with Gasteiger partial charge < -0.3 is 10.6 Å². The van der Waals surface area contributed by atoms with Crippen LogP contribution in [0, 0.1) is 12.7 Å². The van der Waals surface area contributed by atoms with Crippen molar-refractivity contribution in [1.29, 1.82) is 0 Å². The molecule has 0 spiro atoms. The van der Waals surface area contributed by atoms with Gasteiger partial charge in [-0.15, -0.1) is 0 Å². The van der Waals surface area contributed by atoms with E-state index in [-0.39, 0.29) is 5.91 Å². The van der Waals surface area contributed by atoms with Crippen molar-refractivity contribution < 1.29 is 9.18 Å². The van der Waals surface area contributed by atoms with Gasteiger partial charge in [0.05, 0.1) is 11.9 Å². The van der Waals surface area contributed by atoms with E-state index in [4.69, 9.17) is 11.6 Å². The number of benzene rings is 1. The fraction of sp³-hybridized carbons (Fsp3) is 0.118. The number of aryl methyl sites for hydroxylation is 1. The summed E-state index contributed by atoms with van der Waals surface area (Å²) in [6.45, 7) is 2.09. The number of pyridine rings is 1. The molecule has 0 saturated heterocycles. The van der Waals surface area contributed by atoms with E-state index >= 15 is 0 Å². The number of nitrogens with one attached hydrogen (secondary N) is 2. The Hall–Kier alpha value is -2.51. The first-order valence-electron chi connectivity index (χ1n) is 7.40. The van der Waals surface area contributed by atoms with E-state index in [0.717, 1.165) is 11.8 Å². The summed E-state index contributed by atoms with van der Waals surface area (Å²) in [4.78, 5) is 21.1. The zero-order valence-corrected chi connectivity index (χ0v) is 14.8. The minimum atomic E-state index is -0.416. The molecule has 2 heterocycles. The lowest BCUT2D eigenvalue weighted by molar-refractivity contribution is 0.0954. The third-order valence-electron chi connectivity index (χ3n) is 3.36. The van der Waals surface area contributed by atoms with Gasteiger partial charge in [-0.05, 0) is 30.7 Å². The van der Waals surface area contributed by atoms with Crippen LogP contribution in [0.2, 0.25) is 5.02 Å². The minimum absolute atomic E-state index is 0.227. The van der Waals surface area contributed by atoms with Crippen molar-refractivity contribution in [2.75, 3.05) is 5.32 Å². The van der Waals surface area contributed by atoms with Crippen LogP contribution in [0.1, 0.15) is 20.9 Å². The van der Waals surface area contributed by atoms with Crippen LogP contribution >= 0.6 is 22.9 Å². The number of amides is 1. The Morgan fingerprint density at radius 3 is 2.80 bits per heavy atom. The SMILES string of the molecule is Cc1nc(Nc2ccc(F)cn2)sc1C(=O)NCc1ccccc1Cl. The summed E-state index contributed by atoms with van der Waals surface area (Å²) in [6.07, 6.45) is 1.11. The normalized spacial score (nSPS) is 10.5. The second-order valence-corrected chi connectivity index (χ2v) is 6.60. The highest BCUT2D eigenvalue weighted by Crippen LogP contribution is 2.25. The minimum Gasteiger partial charge on any atom is -0.347 e. The summed E-state index contributed by atoms with van der Waals surface area (Å²) in [7, 11) is 0. The number of rotatable bonds is 5. The molecule has 1 aromatic carbocycles. The number of nitrogens with zero attached hydrogens (tertiary/aromatic N) is 2. The number of carbonyl (C=O) groups is 1. The Balaban J connectivity index is 1.68. The topological polar surface area (TPSA) is 66.9 Å². The number of hydrogen-bond donors (Lipinski definition) is 2. The van der Waals surface area contributed by atoms with Crippen LogP contribution in [-0.2, 0) is 6.54 Å². The van der Waals surface area contributed by atoms with E-state index in [1.54, 1.807) is 13.0 Å². The van der Waals surface area contributed by atoms with E-state index in [9.17, 15) is 9.18 Å². The van der Waals surface area contributed by atoms with Crippen LogP contribution in [0.15, 0.2) is 42.6 Å². The van der Waals surface area contributed by atoms with Gasteiger partial charge in [0, 0.05) is 11.6 Å². The van der Waals surface area contributed by atoms with Gasteiger partial charge in [-0.25, -0.2) is 14.4 Å². The first-order chi connectivity index (χ1) is 12.0. The number of aromatic nitrogens is 2. The van der Waals surface area contributed by atoms with E-state index < -0.39 is 5.82 Å². The summed E-state index contributed by atoms with van der Waals surface area (Å²) in [5, 5.41) is 6.91. The van der Waals surface area contributed by atoms with Gasteiger partial charge in [0.15, 0.2) is 5.13 Å². The van der Waals surface area contributed by atoms with Gasteiger partial charge in [-0.2, -0.15) is 0 Å². The highest BCUT2D eigenvalue weighted by molar-refractivity contribution is 7.17. The summed E-state index contributed by atoms with van der Waals surface area (Å²) in [5.74, 6) is -0.186. The lowest BCUT2D eigenvalue weighted by Crippen LogP contribution is -2.22. The zero-order chi connectivity index (χ0) is 17.8. The maximum Gasteiger partial charge on any atom is 0.263 e. The highest BCUT2D eigenvalue weighted by atomic mass is 35.5. The highest BCUT2D eigenvalue weighted by Gasteiger charge is 2.16. The van der Waals surface area contributed by atoms with Crippen LogP contribution in [0.5, 0.6) is 0 Å². The van der Waals surface area contributed by atoms with Crippen LogP contribution in [0.4, 0.5) is 15.3 Å². The van der Waals surface area contributed by atoms with Gasteiger partial charge in [-0.1, -0.05) is 41.1 Å². The van der Waals surface area contributed by atoms with Crippen LogP contribution in [-0.4, -0.2) is 15.9 Å². The Morgan fingerprint density at radius 1 is 1.28 bits per heavy atom. The second-order valence-electron chi connectivity index (χ2n) is 5.19. The average molecular weight is 377 g/mol. The van der Waals surface area contributed by atoms with Crippen molar-refractivity contribution in [3.63, 3.8) is 0 Å². The first-order valence-corrected chi connectivity index (χ1v) is 8.60. The van der Waals surface area contributed by atoms with E-state index in [2.05, 4.69) is 20.6 Å². The lowest BCUT2D eigenvalue weighted by atomic mass is 10.2. The molecule has 25 heavy (non-hydrogen) atoms. The smallest absolute Gasteiger partial charge is 0.263 e. The molecule has 0 aliphatic rings. The van der Waals surface area contributed by atoms with Gasteiger partial charge in [-0.3, -0.25) is 4.79 Å². The van der Waals surface area contributed by atoms with Crippen LogP contribution in [0.3, 0.4) is 0 Å². The third-order valence-corrected chi connectivity index (χ3v) is 4.80. The van der Waals surface area contributed by atoms with E-state index in [1.807, 2.05) is 18.2 Å². The van der Waals surface area contributed by atoms with Crippen molar-refractivity contribution >= 4 is 39.8 Å². The maximum absolute atomic E-state index is 12.9. The van der Waals surface area contributed by atoms with Crippen molar-refractivity contribution in [2.45, 2.75) is 13.5 Å². The molecule has 5 nitrogen and oxygen atoms in total. The summed E-state index contributed by atoms with van der Waals surface area (Å²) < 4.78 is 12.9. The molecule has 128 valence electrons. The zero-order valence-electron chi connectivity index (χ0n) is 13.2. The Bertz CT molecular complexity index is 898. The Labute approximate surface area is 152 Å². The monoisotopic (exact) mass is 376 g/mol. The number of thiazole rings is 1. The van der Waals surface area contributed by atoms with Crippen molar-refractivity contribution in [1.82, 2.24) is 15.3 Å². The molecule has 0 bridgehead atoms. The Kier molecular flexibility index (Phi) is 5.25. The molecule has 0 aliphatic carbocycles. The van der Waals surface area contributed by atoms with E-state index in [0.29, 0.717) is 33.1 Å². The quantitative estimate of drug-likeness (QED) is 0.696. The average Bonchev–Trinajstić information content (AvgIpc) is 2.96. The molecule has 0 radical (unpaired) electrons. The maximum atomic E-state index is 12.9. The number of halogens is 2. The van der Waals surface area contributed by atoms with Gasteiger partial charge in [0.25, 0.3) is 5.91 Å². The second kappa shape index (κ2) is 7.58. The molecular formula is C17H14ClFN4OS. The summed E-state index contributed by atoms with van der Waals surface area (Å²) >= 11 is 7.29. The molecule has 1 amide bonds. The van der Waals surface area contributed by atoms with Gasteiger partial charge in [0.1, 0.15) is 16.5 Å². The molecule has 2 N–H and O–H groups in total. The molecule has 3 rings (SSSR count). The van der Waals surface area contributed by atoms with Gasteiger partial charge in [0.2, 0.25) is 0 Å². The summed E-state index contributed by atoms with van der Waals surface area (Å²) in [5.41, 5.74) is 1.44. The molecule has 0 unspecified atom stereocenters. The largest absolute Gasteiger partial charge is 0.347 e. The number of carbonyl (C=O) groups excluding carboxylic acids is 1. The molecule has 0 atom stereocenters. The number of anilines is 2. The fourth-order valence-electron chi connectivity index (χ4n) is 2.12. The summed E-state index contributed by atoms with van der Waals surface area (Å²) in [6, 6.07) is 10.1. The predicted molar refractivity (Wildman–Crippen MR) is 97.0 cm³/mol. The van der Waals surface area contributed by atoms with Crippen molar-refractivity contribution in [3.05, 3.63) is 69.6 Å². The molecule has 0 saturated carbocycles. The van der Waals surface area contributed by atoms with Crippen LogP contribution in [0.25, 0.3) is 0 Å². The predicted octanol–water partition coefficient (Wildman–Crippen LogP) is 4.31. The molecular weight excluding hydrogens is 363 g/mol. The Morgan fingerprint density at radius 2 is 2.08 bits per heavy atom. The molecule has 3 aromatic rings. The first kappa shape index (κ1) is 17.3. The molecule has 8 heteroatoms. The van der Waals surface area contributed by atoms with Crippen molar-refractivity contribution in [3.8, 4) is 0 Å². The fourth-order valence-corrected chi connectivity index (χ4v) is 3.21. The van der Waals surface area contributed by atoms with E-state index in [1.165, 1.54) is 23.5 Å². The standard InChI is InChI=1S/C17H14ClFN4OS/c1-10-15(16(24)21-8-11-4-2-3-5-13(11)18)25-17(22-10)23-14-7-6-12(19)9-20-14/h2-7,9H,8H2,1H3,(H,21,24)(H,20,22,23). The van der Waals surface area contributed by atoms with Crippen LogP contribution < -0.4 is 10.6 Å². The van der Waals surface area contributed by atoms with Crippen molar-refractivity contribution in [2.24, 2.45) is 0 Å². The van der Waals surface area contributed by atoms with Gasteiger partial charge >= 0.3 is 0 Å². The third kappa shape index (κ3) is 4.32.